The van der Waals surface area contributed by atoms with Gasteiger partial charge in [-0.3, -0.25) is 4.79 Å². The third kappa shape index (κ3) is 2.02. The van der Waals surface area contributed by atoms with Crippen LogP contribution in [0.25, 0.3) is 0 Å². The van der Waals surface area contributed by atoms with Crippen molar-refractivity contribution in [1.82, 2.24) is 0 Å². The smallest absolute Gasteiger partial charge is 0.311 e. The highest BCUT2D eigenvalue weighted by molar-refractivity contribution is 5.76. The van der Waals surface area contributed by atoms with Crippen molar-refractivity contribution < 1.29 is 14.6 Å². The molecule has 0 fully saturated rings. The first kappa shape index (κ1) is 12.0. The average molecular weight is 234 g/mol. The van der Waals surface area contributed by atoms with Gasteiger partial charge in [-0.05, 0) is 55.9 Å². The van der Waals surface area contributed by atoms with Gasteiger partial charge in [-0.1, -0.05) is 6.07 Å². The number of fused-ring (bicyclic) bond motifs is 1. The van der Waals surface area contributed by atoms with E-state index in [1.54, 1.807) is 12.1 Å². The fourth-order valence-electron chi connectivity index (χ4n) is 2.54. The third-order valence-electron chi connectivity index (χ3n) is 3.85. The van der Waals surface area contributed by atoms with Crippen molar-refractivity contribution in [3.8, 4) is 5.75 Å². The molecule has 1 aliphatic carbocycles. The molecule has 0 saturated carbocycles. The van der Waals surface area contributed by atoms with Gasteiger partial charge in [0.2, 0.25) is 0 Å². The van der Waals surface area contributed by atoms with Crippen LogP contribution in [0.4, 0.5) is 0 Å². The summed E-state index contributed by atoms with van der Waals surface area (Å²) in [6.07, 6.45) is 1.70. The van der Waals surface area contributed by atoms with E-state index in [4.69, 9.17) is 4.74 Å². The monoisotopic (exact) mass is 234 g/mol. The van der Waals surface area contributed by atoms with Crippen molar-refractivity contribution in [2.24, 2.45) is 11.3 Å². The number of aromatic hydroxyl groups is 1. The number of benzene rings is 1. The predicted molar refractivity (Wildman–Crippen MR) is 64.8 cm³/mol. The van der Waals surface area contributed by atoms with Crippen LogP contribution in [-0.2, 0) is 22.4 Å². The molecular weight excluding hydrogens is 216 g/mol. The zero-order valence-corrected chi connectivity index (χ0v) is 10.5. The van der Waals surface area contributed by atoms with E-state index in [-0.39, 0.29) is 11.9 Å². The van der Waals surface area contributed by atoms with Gasteiger partial charge in [0, 0.05) is 0 Å². The highest BCUT2D eigenvalue weighted by Gasteiger charge is 2.40. The maximum Gasteiger partial charge on any atom is 0.311 e. The molecule has 1 aromatic rings. The Morgan fingerprint density at radius 2 is 2.00 bits per heavy atom. The van der Waals surface area contributed by atoms with E-state index >= 15 is 0 Å². The summed E-state index contributed by atoms with van der Waals surface area (Å²) in [7, 11) is 1.43. The van der Waals surface area contributed by atoms with Gasteiger partial charge in [0.25, 0.3) is 0 Å². The van der Waals surface area contributed by atoms with E-state index in [2.05, 4.69) is 0 Å². The molecule has 3 heteroatoms. The molecule has 0 spiro atoms. The summed E-state index contributed by atoms with van der Waals surface area (Å²) in [5.41, 5.74) is 1.89. The molecule has 0 saturated heterocycles. The Kier molecular flexibility index (Phi) is 2.86. The van der Waals surface area contributed by atoms with E-state index in [1.807, 2.05) is 19.9 Å². The normalized spacial score (nSPS) is 18.9. The Morgan fingerprint density at radius 3 is 2.65 bits per heavy atom. The molecule has 0 aliphatic heterocycles. The Labute approximate surface area is 101 Å². The highest BCUT2D eigenvalue weighted by atomic mass is 16.5. The molecule has 0 amide bonds. The van der Waals surface area contributed by atoms with Gasteiger partial charge in [0.1, 0.15) is 5.75 Å². The first-order valence-electron chi connectivity index (χ1n) is 5.84. The number of esters is 1. The van der Waals surface area contributed by atoms with E-state index in [0.717, 1.165) is 18.4 Å². The molecule has 0 aromatic heterocycles. The number of phenols is 1. The number of hydrogen-bond acceptors (Lipinski definition) is 3. The van der Waals surface area contributed by atoms with Gasteiger partial charge in [-0.2, -0.15) is 0 Å². The summed E-state index contributed by atoms with van der Waals surface area (Å²) in [6, 6.07) is 5.44. The lowest BCUT2D eigenvalue weighted by Crippen LogP contribution is -2.34. The Balaban J connectivity index is 2.23. The second kappa shape index (κ2) is 4.06. The maximum absolute atomic E-state index is 11.8. The number of rotatable bonds is 2. The lowest BCUT2D eigenvalue weighted by molar-refractivity contribution is -0.153. The summed E-state index contributed by atoms with van der Waals surface area (Å²) in [6.45, 7) is 3.85. The van der Waals surface area contributed by atoms with E-state index in [1.165, 1.54) is 12.7 Å². The molecule has 0 bridgehead atoms. The molecule has 1 unspecified atom stereocenters. The molecule has 3 nitrogen and oxygen atoms in total. The number of ether oxygens (including phenoxy) is 1. The summed E-state index contributed by atoms with van der Waals surface area (Å²) in [4.78, 5) is 11.8. The maximum atomic E-state index is 11.8. The fourth-order valence-corrected chi connectivity index (χ4v) is 2.54. The van der Waals surface area contributed by atoms with Crippen molar-refractivity contribution in [3.05, 3.63) is 29.3 Å². The van der Waals surface area contributed by atoms with Crippen LogP contribution >= 0.6 is 0 Å². The summed E-state index contributed by atoms with van der Waals surface area (Å²) < 4.78 is 4.86. The van der Waals surface area contributed by atoms with Crippen molar-refractivity contribution in [1.29, 1.82) is 0 Å². The largest absolute Gasteiger partial charge is 0.508 e. The van der Waals surface area contributed by atoms with Crippen molar-refractivity contribution in [2.75, 3.05) is 7.11 Å². The first-order valence-corrected chi connectivity index (χ1v) is 5.84. The summed E-state index contributed by atoms with van der Waals surface area (Å²) in [5, 5.41) is 9.45. The number of carbonyl (C=O) groups excluding carboxylic acids is 1. The number of carbonyl (C=O) groups is 1. The van der Waals surface area contributed by atoms with Crippen LogP contribution in [0.2, 0.25) is 0 Å². The minimum Gasteiger partial charge on any atom is -0.508 e. The lowest BCUT2D eigenvalue weighted by Gasteiger charge is -2.28. The van der Waals surface area contributed by atoms with Gasteiger partial charge in [0.15, 0.2) is 0 Å². The van der Waals surface area contributed by atoms with Crippen LogP contribution < -0.4 is 0 Å². The second-order valence-corrected chi connectivity index (χ2v) is 5.27. The average Bonchev–Trinajstić information content (AvgIpc) is 2.71. The Bertz CT molecular complexity index is 449. The zero-order chi connectivity index (χ0) is 12.6. The van der Waals surface area contributed by atoms with E-state index < -0.39 is 5.41 Å². The van der Waals surface area contributed by atoms with Gasteiger partial charge in [-0.25, -0.2) is 0 Å². The Morgan fingerprint density at radius 1 is 1.35 bits per heavy atom. The fraction of sp³-hybridized carbons (Fsp3) is 0.500. The molecule has 1 atom stereocenters. The zero-order valence-electron chi connectivity index (χ0n) is 10.5. The van der Waals surface area contributed by atoms with Crippen LogP contribution in [0.3, 0.4) is 0 Å². The number of phenolic OH excluding ortho intramolecular Hbond substituents is 1. The van der Waals surface area contributed by atoms with Crippen LogP contribution in [0.5, 0.6) is 5.75 Å². The van der Waals surface area contributed by atoms with Gasteiger partial charge in [-0.15, -0.1) is 0 Å². The molecule has 2 rings (SSSR count). The molecule has 1 N–H and O–H groups in total. The van der Waals surface area contributed by atoms with Gasteiger partial charge < -0.3 is 9.84 Å². The molecular formula is C14H18O3. The first-order chi connectivity index (χ1) is 7.95. The van der Waals surface area contributed by atoms with Crippen LogP contribution in [0.1, 0.15) is 25.0 Å². The van der Waals surface area contributed by atoms with E-state index in [0.29, 0.717) is 5.75 Å². The minimum atomic E-state index is -0.483. The van der Waals surface area contributed by atoms with Crippen LogP contribution in [0, 0.1) is 11.3 Å². The summed E-state index contributed by atoms with van der Waals surface area (Å²) >= 11 is 0. The minimum absolute atomic E-state index is 0.167. The highest BCUT2D eigenvalue weighted by Crippen LogP contribution is 2.40. The molecule has 1 aliphatic rings. The second-order valence-electron chi connectivity index (χ2n) is 5.27. The standard InChI is InChI=1S/C14H18O3/c1-14(2,13(16)17-3)11-6-9-4-5-12(15)8-10(9)7-11/h4-5,8,11,15H,6-7H2,1-3H3. The molecule has 17 heavy (non-hydrogen) atoms. The summed E-state index contributed by atoms with van der Waals surface area (Å²) in [5.74, 6) is 0.367. The molecule has 0 heterocycles. The number of methoxy groups -OCH3 is 1. The van der Waals surface area contributed by atoms with Crippen molar-refractivity contribution in [2.45, 2.75) is 26.7 Å². The lowest BCUT2D eigenvalue weighted by atomic mass is 9.77. The SMILES string of the molecule is COC(=O)C(C)(C)C1Cc2ccc(O)cc2C1. The number of hydrogen-bond donors (Lipinski definition) is 1. The predicted octanol–water partition coefficient (Wildman–Crippen LogP) is 2.31. The molecule has 1 aromatic carbocycles. The van der Waals surface area contributed by atoms with Gasteiger partial charge >= 0.3 is 5.97 Å². The third-order valence-corrected chi connectivity index (χ3v) is 3.85. The topological polar surface area (TPSA) is 46.5 Å². The van der Waals surface area contributed by atoms with Crippen LogP contribution in [-0.4, -0.2) is 18.2 Å². The van der Waals surface area contributed by atoms with E-state index in [9.17, 15) is 9.90 Å². The Hall–Kier alpha value is -1.51. The van der Waals surface area contributed by atoms with Crippen LogP contribution in [0.15, 0.2) is 18.2 Å². The van der Waals surface area contributed by atoms with Crippen molar-refractivity contribution >= 4 is 5.97 Å². The molecule has 0 radical (unpaired) electrons. The van der Waals surface area contributed by atoms with Crippen molar-refractivity contribution in [3.63, 3.8) is 0 Å². The quantitative estimate of drug-likeness (QED) is 0.799. The van der Waals surface area contributed by atoms with Gasteiger partial charge in [0.05, 0.1) is 12.5 Å². The molecule has 92 valence electrons.